The molecule has 0 aliphatic heterocycles. The molecular formula is C16H17ClN2O2. The predicted octanol–water partition coefficient (Wildman–Crippen LogP) is 3.27. The van der Waals surface area contributed by atoms with E-state index >= 15 is 0 Å². The van der Waals surface area contributed by atoms with E-state index in [1.54, 1.807) is 43.2 Å². The first-order valence-electron chi connectivity index (χ1n) is 6.58. The number of nitrogens with one attached hydrogen (secondary N) is 1. The van der Waals surface area contributed by atoms with Crippen LogP contribution in [0, 0.1) is 0 Å². The van der Waals surface area contributed by atoms with Crippen LogP contribution >= 0.6 is 11.6 Å². The molecule has 0 saturated carbocycles. The molecule has 0 bridgehead atoms. The summed E-state index contributed by atoms with van der Waals surface area (Å²) >= 11 is 5.88. The van der Waals surface area contributed by atoms with E-state index in [4.69, 9.17) is 16.3 Å². The number of ether oxygens (including phenoxy) is 1. The Kier molecular flexibility index (Phi) is 5.06. The summed E-state index contributed by atoms with van der Waals surface area (Å²) in [6, 6.07) is 16.5. The highest BCUT2D eigenvalue weighted by atomic mass is 35.5. The Bertz CT molecular complexity index is 604. The molecule has 0 spiro atoms. The van der Waals surface area contributed by atoms with Crippen molar-refractivity contribution in [3.05, 3.63) is 59.6 Å². The molecule has 0 aromatic heterocycles. The molecule has 0 aliphatic carbocycles. The molecule has 2 rings (SSSR count). The summed E-state index contributed by atoms with van der Waals surface area (Å²) in [4.78, 5) is 12.1. The molecule has 1 N–H and O–H groups in total. The van der Waals surface area contributed by atoms with Gasteiger partial charge in [0.2, 0.25) is 0 Å². The fourth-order valence-corrected chi connectivity index (χ4v) is 1.95. The van der Waals surface area contributed by atoms with Crippen molar-refractivity contribution in [1.29, 1.82) is 0 Å². The molecule has 0 heterocycles. The molecule has 0 unspecified atom stereocenters. The largest absolute Gasteiger partial charge is 0.481 e. The lowest BCUT2D eigenvalue weighted by molar-refractivity contribution is -0.127. The Morgan fingerprint density at radius 1 is 1.19 bits per heavy atom. The van der Waals surface area contributed by atoms with Crippen molar-refractivity contribution in [1.82, 2.24) is 5.43 Å². The van der Waals surface area contributed by atoms with Crippen LogP contribution in [-0.2, 0) is 4.79 Å². The lowest BCUT2D eigenvalue weighted by Gasteiger charge is -2.23. The first-order chi connectivity index (χ1) is 10.1. The third-order valence-electron chi connectivity index (χ3n) is 2.90. The molecule has 5 heteroatoms. The van der Waals surface area contributed by atoms with Crippen molar-refractivity contribution in [3.63, 3.8) is 0 Å². The van der Waals surface area contributed by atoms with Gasteiger partial charge in [-0.05, 0) is 37.3 Å². The van der Waals surface area contributed by atoms with Gasteiger partial charge in [0, 0.05) is 12.1 Å². The van der Waals surface area contributed by atoms with Crippen LogP contribution in [-0.4, -0.2) is 19.1 Å². The van der Waals surface area contributed by atoms with E-state index in [1.165, 1.54) is 0 Å². The van der Waals surface area contributed by atoms with Gasteiger partial charge in [-0.15, -0.1) is 0 Å². The molecule has 2 aromatic carbocycles. The summed E-state index contributed by atoms with van der Waals surface area (Å²) < 4.78 is 5.57. The summed E-state index contributed by atoms with van der Waals surface area (Å²) in [6.45, 7) is 1.69. The maximum absolute atomic E-state index is 12.1. The number of carbonyl (C=O) groups is 1. The first kappa shape index (κ1) is 15.2. The highest BCUT2D eigenvalue weighted by molar-refractivity contribution is 6.30. The summed E-state index contributed by atoms with van der Waals surface area (Å²) in [7, 11) is 1.78. The number of para-hydroxylation sites is 1. The molecule has 0 radical (unpaired) electrons. The fraction of sp³-hybridized carbons (Fsp3) is 0.188. The van der Waals surface area contributed by atoms with Gasteiger partial charge in [-0.3, -0.25) is 15.2 Å². The molecule has 4 nitrogen and oxygen atoms in total. The smallest absolute Gasteiger partial charge is 0.279 e. The summed E-state index contributed by atoms with van der Waals surface area (Å²) in [5.74, 6) is 0.328. The van der Waals surface area contributed by atoms with Gasteiger partial charge in [0.25, 0.3) is 5.91 Å². The quantitative estimate of drug-likeness (QED) is 0.862. The number of anilines is 1. The van der Waals surface area contributed by atoms with Crippen LogP contribution in [0.2, 0.25) is 5.02 Å². The molecule has 1 atom stereocenters. The normalized spacial score (nSPS) is 11.6. The zero-order valence-electron chi connectivity index (χ0n) is 11.9. The molecule has 0 fully saturated rings. The van der Waals surface area contributed by atoms with Crippen molar-refractivity contribution < 1.29 is 9.53 Å². The highest BCUT2D eigenvalue weighted by Crippen LogP contribution is 2.18. The van der Waals surface area contributed by atoms with Gasteiger partial charge in [0.1, 0.15) is 5.75 Å². The van der Waals surface area contributed by atoms with Crippen molar-refractivity contribution in [3.8, 4) is 5.75 Å². The minimum absolute atomic E-state index is 0.235. The summed E-state index contributed by atoms with van der Waals surface area (Å²) in [5, 5.41) is 2.22. The minimum Gasteiger partial charge on any atom is -0.481 e. The van der Waals surface area contributed by atoms with Crippen LogP contribution in [0.1, 0.15) is 6.92 Å². The molecule has 21 heavy (non-hydrogen) atoms. The monoisotopic (exact) mass is 304 g/mol. The number of nitrogens with zero attached hydrogens (tertiary/aromatic N) is 1. The van der Waals surface area contributed by atoms with Crippen LogP contribution in [0.3, 0.4) is 0 Å². The van der Waals surface area contributed by atoms with E-state index in [9.17, 15) is 4.79 Å². The lowest BCUT2D eigenvalue weighted by Crippen LogP contribution is -2.45. The van der Waals surface area contributed by atoms with Crippen LogP contribution in [0.15, 0.2) is 54.6 Å². The van der Waals surface area contributed by atoms with Gasteiger partial charge in [0.15, 0.2) is 6.10 Å². The molecule has 0 aliphatic rings. The second kappa shape index (κ2) is 6.99. The maximum Gasteiger partial charge on any atom is 0.279 e. The van der Waals surface area contributed by atoms with Gasteiger partial charge in [-0.25, -0.2) is 0 Å². The topological polar surface area (TPSA) is 41.6 Å². The standard InChI is InChI=1S/C16H17ClN2O2/c1-12(21-15-10-6-7-13(17)11-15)16(20)18-19(2)14-8-4-3-5-9-14/h3-12H,1-2H3,(H,18,20)/t12-/m0/s1. The van der Waals surface area contributed by atoms with E-state index < -0.39 is 6.10 Å². The van der Waals surface area contributed by atoms with Crippen LogP contribution < -0.4 is 15.2 Å². The number of hydrazine groups is 1. The molecular weight excluding hydrogens is 288 g/mol. The van der Waals surface area contributed by atoms with E-state index in [-0.39, 0.29) is 5.91 Å². The van der Waals surface area contributed by atoms with Crippen molar-refractivity contribution >= 4 is 23.2 Å². The predicted molar refractivity (Wildman–Crippen MR) is 84.5 cm³/mol. The van der Waals surface area contributed by atoms with E-state index in [0.717, 1.165) is 5.69 Å². The van der Waals surface area contributed by atoms with Gasteiger partial charge in [-0.2, -0.15) is 0 Å². The Balaban J connectivity index is 1.94. The number of hydrogen-bond donors (Lipinski definition) is 1. The third-order valence-corrected chi connectivity index (χ3v) is 3.13. The van der Waals surface area contributed by atoms with E-state index in [0.29, 0.717) is 10.8 Å². The number of halogens is 1. The molecule has 0 saturated heterocycles. The Morgan fingerprint density at radius 3 is 2.57 bits per heavy atom. The number of rotatable bonds is 5. The van der Waals surface area contributed by atoms with Gasteiger partial charge >= 0.3 is 0 Å². The molecule has 2 aromatic rings. The second-order valence-corrected chi connectivity index (χ2v) is 5.02. The average molecular weight is 305 g/mol. The number of benzene rings is 2. The highest BCUT2D eigenvalue weighted by Gasteiger charge is 2.16. The third kappa shape index (κ3) is 4.39. The van der Waals surface area contributed by atoms with Crippen LogP contribution in [0.5, 0.6) is 5.75 Å². The van der Waals surface area contributed by atoms with Gasteiger partial charge in [0.05, 0.1) is 5.69 Å². The van der Waals surface area contributed by atoms with Crippen LogP contribution in [0.4, 0.5) is 5.69 Å². The number of hydrogen-bond acceptors (Lipinski definition) is 3. The number of carbonyl (C=O) groups excluding carboxylic acids is 1. The first-order valence-corrected chi connectivity index (χ1v) is 6.95. The van der Waals surface area contributed by atoms with E-state index in [1.807, 2.05) is 30.3 Å². The zero-order chi connectivity index (χ0) is 15.2. The Hall–Kier alpha value is -2.20. The van der Waals surface area contributed by atoms with Gasteiger partial charge < -0.3 is 4.74 Å². The van der Waals surface area contributed by atoms with Crippen molar-refractivity contribution in [2.75, 3.05) is 12.1 Å². The van der Waals surface area contributed by atoms with E-state index in [2.05, 4.69) is 5.43 Å². The van der Waals surface area contributed by atoms with Crippen LogP contribution in [0.25, 0.3) is 0 Å². The zero-order valence-corrected chi connectivity index (χ0v) is 12.7. The second-order valence-electron chi connectivity index (χ2n) is 4.59. The number of amides is 1. The minimum atomic E-state index is -0.630. The molecule has 1 amide bonds. The van der Waals surface area contributed by atoms with Crippen molar-refractivity contribution in [2.45, 2.75) is 13.0 Å². The Morgan fingerprint density at radius 2 is 1.90 bits per heavy atom. The average Bonchev–Trinajstić information content (AvgIpc) is 2.48. The maximum atomic E-state index is 12.1. The molecule has 110 valence electrons. The lowest BCUT2D eigenvalue weighted by atomic mass is 10.3. The fourth-order valence-electron chi connectivity index (χ4n) is 1.77. The van der Waals surface area contributed by atoms with Crippen molar-refractivity contribution in [2.24, 2.45) is 0 Å². The SMILES string of the molecule is C[C@H](Oc1cccc(Cl)c1)C(=O)NN(C)c1ccccc1. The summed E-state index contributed by atoms with van der Waals surface area (Å²) in [5.41, 5.74) is 3.66. The summed E-state index contributed by atoms with van der Waals surface area (Å²) in [6.07, 6.45) is -0.630. The van der Waals surface area contributed by atoms with Gasteiger partial charge in [-0.1, -0.05) is 35.9 Å². The Labute approximate surface area is 129 Å².